The first-order valence-electron chi connectivity index (χ1n) is 10.8. The van der Waals surface area contributed by atoms with E-state index in [9.17, 15) is 9.59 Å². The second-order valence-corrected chi connectivity index (χ2v) is 7.84. The van der Waals surface area contributed by atoms with E-state index in [2.05, 4.69) is 15.6 Å². The van der Waals surface area contributed by atoms with Crippen molar-refractivity contribution in [2.75, 3.05) is 25.0 Å². The number of benzene rings is 1. The number of likely N-dealkylation sites (tertiary alicyclic amines) is 1. The van der Waals surface area contributed by atoms with Crippen LogP contribution >= 0.6 is 0 Å². The zero-order chi connectivity index (χ0) is 22.5. The van der Waals surface area contributed by atoms with Crippen molar-refractivity contribution in [3.05, 3.63) is 59.6 Å². The Bertz CT molecular complexity index is 1050. The third kappa shape index (κ3) is 4.82. The fraction of sp³-hybridized carbons (Fsp3) is 0.391. The number of carbonyl (C=O) groups is 2. The number of hydrogen-bond donors (Lipinski definition) is 1. The SMILES string of the molecule is Cc1noc(C)c1C(=O)N1CCC(n2nccc2NC(=O)CCOc2ccccc2)CC1. The number of aromatic nitrogens is 3. The second-order valence-electron chi connectivity index (χ2n) is 7.84. The first kappa shape index (κ1) is 21.6. The van der Waals surface area contributed by atoms with Crippen molar-refractivity contribution in [1.82, 2.24) is 19.8 Å². The largest absolute Gasteiger partial charge is 0.493 e. The molecule has 32 heavy (non-hydrogen) atoms. The highest BCUT2D eigenvalue weighted by molar-refractivity contribution is 5.96. The molecule has 2 amide bonds. The molecule has 0 saturated carbocycles. The van der Waals surface area contributed by atoms with Crippen LogP contribution in [-0.2, 0) is 4.79 Å². The number of hydrogen-bond acceptors (Lipinski definition) is 6. The van der Waals surface area contributed by atoms with E-state index in [0.29, 0.717) is 42.5 Å². The summed E-state index contributed by atoms with van der Waals surface area (Å²) in [5.41, 5.74) is 1.16. The van der Waals surface area contributed by atoms with Gasteiger partial charge in [-0.25, -0.2) is 4.68 Å². The van der Waals surface area contributed by atoms with Crippen LogP contribution in [0.15, 0.2) is 47.1 Å². The number of nitrogens with zero attached hydrogens (tertiary/aromatic N) is 4. The lowest BCUT2D eigenvalue weighted by Gasteiger charge is -2.32. The third-order valence-corrected chi connectivity index (χ3v) is 5.62. The fourth-order valence-corrected chi connectivity index (χ4v) is 3.95. The Kier molecular flexibility index (Phi) is 6.53. The van der Waals surface area contributed by atoms with Crippen molar-refractivity contribution in [3.8, 4) is 5.75 Å². The Morgan fingerprint density at radius 1 is 1.16 bits per heavy atom. The van der Waals surface area contributed by atoms with Gasteiger partial charge in [0.25, 0.3) is 5.91 Å². The van der Waals surface area contributed by atoms with E-state index >= 15 is 0 Å². The smallest absolute Gasteiger partial charge is 0.259 e. The predicted octanol–water partition coefficient (Wildman–Crippen LogP) is 3.37. The van der Waals surface area contributed by atoms with Crippen LogP contribution in [0.25, 0.3) is 0 Å². The molecule has 1 fully saturated rings. The van der Waals surface area contributed by atoms with Gasteiger partial charge in [-0.1, -0.05) is 23.4 Å². The zero-order valence-corrected chi connectivity index (χ0v) is 18.3. The van der Waals surface area contributed by atoms with Gasteiger partial charge < -0.3 is 19.5 Å². The van der Waals surface area contributed by atoms with Crippen LogP contribution < -0.4 is 10.1 Å². The number of piperidine rings is 1. The van der Waals surface area contributed by atoms with Gasteiger partial charge in [-0.05, 0) is 38.8 Å². The molecule has 9 nitrogen and oxygen atoms in total. The molecule has 0 radical (unpaired) electrons. The van der Waals surface area contributed by atoms with Gasteiger partial charge in [0, 0.05) is 19.2 Å². The lowest BCUT2D eigenvalue weighted by molar-refractivity contribution is -0.116. The third-order valence-electron chi connectivity index (χ3n) is 5.62. The highest BCUT2D eigenvalue weighted by atomic mass is 16.5. The summed E-state index contributed by atoms with van der Waals surface area (Å²) in [6.07, 6.45) is 3.41. The Labute approximate surface area is 186 Å². The molecule has 3 aromatic rings. The van der Waals surface area contributed by atoms with E-state index in [1.807, 2.05) is 39.9 Å². The minimum Gasteiger partial charge on any atom is -0.493 e. The molecule has 0 unspecified atom stereocenters. The quantitative estimate of drug-likeness (QED) is 0.608. The van der Waals surface area contributed by atoms with E-state index in [-0.39, 0.29) is 24.3 Å². The molecular formula is C23H27N5O4. The van der Waals surface area contributed by atoms with Gasteiger partial charge in [0.2, 0.25) is 5.91 Å². The van der Waals surface area contributed by atoms with E-state index in [1.54, 1.807) is 26.1 Å². The Balaban J connectivity index is 1.29. The zero-order valence-electron chi connectivity index (χ0n) is 18.3. The maximum absolute atomic E-state index is 12.8. The van der Waals surface area contributed by atoms with Gasteiger partial charge in [-0.2, -0.15) is 5.10 Å². The van der Waals surface area contributed by atoms with Crippen molar-refractivity contribution in [3.63, 3.8) is 0 Å². The van der Waals surface area contributed by atoms with Crippen molar-refractivity contribution >= 4 is 17.6 Å². The summed E-state index contributed by atoms with van der Waals surface area (Å²) in [5, 5.41) is 11.2. The maximum Gasteiger partial charge on any atom is 0.259 e. The topological polar surface area (TPSA) is 102 Å². The van der Waals surface area contributed by atoms with Crippen molar-refractivity contribution in [1.29, 1.82) is 0 Å². The van der Waals surface area contributed by atoms with Crippen molar-refractivity contribution < 1.29 is 18.8 Å². The van der Waals surface area contributed by atoms with Gasteiger partial charge in [-0.3, -0.25) is 9.59 Å². The molecule has 2 aromatic heterocycles. The number of nitrogens with one attached hydrogen (secondary N) is 1. The van der Waals surface area contributed by atoms with Gasteiger partial charge in [-0.15, -0.1) is 0 Å². The van der Waals surface area contributed by atoms with Crippen LogP contribution in [0.4, 0.5) is 5.82 Å². The first-order valence-corrected chi connectivity index (χ1v) is 10.8. The van der Waals surface area contributed by atoms with Crippen LogP contribution in [0.5, 0.6) is 5.75 Å². The number of para-hydroxylation sites is 1. The summed E-state index contributed by atoms with van der Waals surface area (Å²) < 4.78 is 12.6. The predicted molar refractivity (Wildman–Crippen MR) is 118 cm³/mol. The second kappa shape index (κ2) is 9.67. The minimum atomic E-state index is -0.131. The van der Waals surface area contributed by atoms with E-state index < -0.39 is 0 Å². The summed E-state index contributed by atoms with van der Waals surface area (Å²) in [4.78, 5) is 27.0. The van der Waals surface area contributed by atoms with Gasteiger partial charge in [0.15, 0.2) is 0 Å². The number of amides is 2. The fourth-order valence-electron chi connectivity index (χ4n) is 3.95. The highest BCUT2D eigenvalue weighted by Crippen LogP contribution is 2.27. The summed E-state index contributed by atoms with van der Waals surface area (Å²) in [7, 11) is 0. The molecule has 0 bridgehead atoms. The van der Waals surface area contributed by atoms with Gasteiger partial charge in [0.05, 0.1) is 31.0 Å². The van der Waals surface area contributed by atoms with Crippen LogP contribution in [0.1, 0.15) is 47.1 Å². The molecule has 1 aliphatic heterocycles. The molecule has 0 atom stereocenters. The molecule has 9 heteroatoms. The van der Waals surface area contributed by atoms with Gasteiger partial charge >= 0.3 is 0 Å². The standard InChI is InChI=1S/C23H27N5O4/c1-16-22(17(2)32-26-16)23(30)27-13-9-18(10-14-27)28-20(8-12-24-28)25-21(29)11-15-31-19-6-4-3-5-7-19/h3-8,12,18H,9-11,13-15H2,1-2H3,(H,25,29). The van der Waals surface area contributed by atoms with Crippen LogP contribution in [0.3, 0.4) is 0 Å². The molecule has 4 rings (SSSR count). The molecular weight excluding hydrogens is 410 g/mol. The number of aryl methyl sites for hydroxylation is 2. The van der Waals surface area contributed by atoms with Crippen molar-refractivity contribution in [2.45, 2.75) is 39.2 Å². The van der Waals surface area contributed by atoms with Crippen molar-refractivity contribution in [2.24, 2.45) is 0 Å². The summed E-state index contributed by atoms with van der Waals surface area (Å²) in [5.74, 6) is 1.76. The average molecular weight is 438 g/mol. The molecule has 1 aliphatic rings. The number of ether oxygens (including phenoxy) is 1. The molecule has 1 aromatic carbocycles. The Morgan fingerprint density at radius 2 is 1.91 bits per heavy atom. The molecule has 0 aliphatic carbocycles. The van der Waals surface area contributed by atoms with E-state index in [4.69, 9.17) is 9.26 Å². The average Bonchev–Trinajstić information content (AvgIpc) is 3.40. The summed E-state index contributed by atoms with van der Waals surface area (Å²) in [6, 6.07) is 11.3. The van der Waals surface area contributed by atoms with Crippen LogP contribution in [-0.4, -0.2) is 51.3 Å². The Morgan fingerprint density at radius 3 is 2.59 bits per heavy atom. The summed E-state index contributed by atoms with van der Waals surface area (Å²) >= 11 is 0. The van der Waals surface area contributed by atoms with E-state index in [1.165, 1.54) is 0 Å². The highest BCUT2D eigenvalue weighted by Gasteiger charge is 2.29. The molecule has 1 N–H and O–H groups in total. The minimum absolute atomic E-state index is 0.0490. The number of carbonyl (C=O) groups excluding carboxylic acids is 2. The number of rotatable bonds is 7. The lowest BCUT2D eigenvalue weighted by atomic mass is 10.0. The molecule has 3 heterocycles. The van der Waals surface area contributed by atoms with E-state index in [0.717, 1.165) is 18.6 Å². The monoisotopic (exact) mass is 437 g/mol. The maximum atomic E-state index is 12.8. The lowest BCUT2D eigenvalue weighted by Crippen LogP contribution is -2.39. The molecule has 1 saturated heterocycles. The number of anilines is 1. The summed E-state index contributed by atoms with van der Waals surface area (Å²) in [6.45, 7) is 5.04. The normalized spacial score (nSPS) is 14.4. The molecule has 0 spiro atoms. The first-order chi connectivity index (χ1) is 15.5. The molecule has 168 valence electrons. The van der Waals surface area contributed by atoms with Crippen LogP contribution in [0.2, 0.25) is 0 Å². The van der Waals surface area contributed by atoms with Gasteiger partial charge in [0.1, 0.15) is 22.9 Å². The van der Waals surface area contributed by atoms with Crippen LogP contribution in [0, 0.1) is 13.8 Å². The Hall–Kier alpha value is -3.62.